The summed E-state index contributed by atoms with van der Waals surface area (Å²) in [6, 6.07) is 0. The molecule has 0 aromatic rings. The van der Waals surface area contributed by atoms with Crippen LogP contribution in [0.1, 0.15) is 26.7 Å². The number of hydrogen-bond donors (Lipinski definition) is 1. The van der Waals surface area contributed by atoms with Crippen LogP contribution >= 0.6 is 0 Å². The van der Waals surface area contributed by atoms with Crippen LogP contribution in [0.3, 0.4) is 0 Å². The highest BCUT2D eigenvalue weighted by molar-refractivity contribution is 4.70. The smallest absolute Gasteiger partial charge is 0.112 e. The SMILES string of the molecule is CN(C)CCCN(CCCN(C)C)C(C)(C)O. The molecular formula is C13H31N3O. The molecule has 0 aliphatic rings. The zero-order valence-electron chi connectivity index (χ0n) is 12.5. The molecule has 4 nitrogen and oxygen atoms in total. The lowest BCUT2D eigenvalue weighted by Crippen LogP contribution is -2.45. The highest BCUT2D eigenvalue weighted by atomic mass is 16.3. The molecule has 0 aromatic carbocycles. The third-order valence-corrected chi connectivity index (χ3v) is 2.84. The van der Waals surface area contributed by atoms with Crippen LogP contribution in [0.4, 0.5) is 0 Å². The van der Waals surface area contributed by atoms with E-state index in [1.807, 2.05) is 13.8 Å². The second kappa shape index (κ2) is 8.03. The summed E-state index contributed by atoms with van der Waals surface area (Å²) < 4.78 is 0. The molecule has 17 heavy (non-hydrogen) atoms. The average Bonchev–Trinajstić information content (AvgIpc) is 2.12. The minimum Gasteiger partial charge on any atom is -0.376 e. The van der Waals surface area contributed by atoms with Crippen molar-refractivity contribution in [2.75, 3.05) is 54.4 Å². The minimum absolute atomic E-state index is 0.710. The van der Waals surface area contributed by atoms with Crippen molar-refractivity contribution in [3.05, 3.63) is 0 Å². The first-order chi connectivity index (χ1) is 7.73. The summed E-state index contributed by atoms with van der Waals surface area (Å²) in [5, 5.41) is 10.1. The first-order valence-corrected chi connectivity index (χ1v) is 6.50. The lowest BCUT2D eigenvalue weighted by atomic mass is 10.2. The van der Waals surface area contributed by atoms with E-state index in [1.54, 1.807) is 0 Å². The molecule has 4 heteroatoms. The van der Waals surface area contributed by atoms with Crippen molar-refractivity contribution < 1.29 is 5.11 Å². The van der Waals surface area contributed by atoms with Crippen molar-refractivity contribution in [3.8, 4) is 0 Å². The van der Waals surface area contributed by atoms with Crippen LogP contribution in [0.5, 0.6) is 0 Å². The largest absolute Gasteiger partial charge is 0.376 e. The Morgan fingerprint density at radius 3 is 1.35 bits per heavy atom. The minimum atomic E-state index is -0.710. The van der Waals surface area contributed by atoms with Crippen LogP contribution in [0.2, 0.25) is 0 Å². The molecule has 1 N–H and O–H groups in total. The van der Waals surface area contributed by atoms with Crippen molar-refractivity contribution >= 4 is 0 Å². The van der Waals surface area contributed by atoms with Gasteiger partial charge in [-0.1, -0.05) is 0 Å². The Morgan fingerprint density at radius 2 is 1.12 bits per heavy atom. The van der Waals surface area contributed by atoms with E-state index >= 15 is 0 Å². The normalized spacial score (nSPS) is 13.1. The van der Waals surface area contributed by atoms with Gasteiger partial charge >= 0.3 is 0 Å². The molecule has 0 fully saturated rings. The third kappa shape index (κ3) is 9.53. The molecule has 0 amide bonds. The molecule has 0 bridgehead atoms. The van der Waals surface area contributed by atoms with Gasteiger partial charge in [-0.15, -0.1) is 0 Å². The van der Waals surface area contributed by atoms with Gasteiger partial charge in [0.05, 0.1) is 0 Å². The third-order valence-electron chi connectivity index (χ3n) is 2.84. The lowest BCUT2D eigenvalue weighted by Gasteiger charge is -2.34. The van der Waals surface area contributed by atoms with Crippen molar-refractivity contribution in [2.45, 2.75) is 32.4 Å². The van der Waals surface area contributed by atoms with Gasteiger partial charge in [0.2, 0.25) is 0 Å². The maximum atomic E-state index is 10.1. The standard InChI is InChI=1S/C13H31N3O/c1-13(2,17)16(11-7-9-14(3)4)12-8-10-15(5)6/h17H,7-12H2,1-6H3. The van der Waals surface area contributed by atoms with Crippen molar-refractivity contribution in [2.24, 2.45) is 0 Å². The van der Waals surface area contributed by atoms with E-state index in [-0.39, 0.29) is 0 Å². The monoisotopic (exact) mass is 245 g/mol. The van der Waals surface area contributed by atoms with Crippen LogP contribution in [-0.4, -0.2) is 79.9 Å². The molecular weight excluding hydrogens is 214 g/mol. The van der Waals surface area contributed by atoms with Gasteiger partial charge < -0.3 is 14.9 Å². The highest BCUT2D eigenvalue weighted by Gasteiger charge is 2.22. The van der Waals surface area contributed by atoms with E-state index in [4.69, 9.17) is 0 Å². The summed E-state index contributed by atoms with van der Waals surface area (Å²) in [4.78, 5) is 6.53. The summed E-state index contributed by atoms with van der Waals surface area (Å²) in [6.07, 6.45) is 2.19. The fourth-order valence-electron chi connectivity index (χ4n) is 1.81. The van der Waals surface area contributed by atoms with Crippen LogP contribution < -0.4 is 0 Å². The Bertz CT molecular complexity index is 174. The molecule has 0 rings (SSSR count). The fraction of sp³-hybridized carbons (Fsp3) is 1.00. The topological polar surface area (TPSA) is 30.0 Å². The van der Waals surface area contributed by atoms with E-state index in [9.17, 15) is 5.11 Å². The summed E-state index contributed by atoms with van der Waals surface area (Å²) in [5.41, 5.74) is -0.710. The molecule has 104 valence electrons. The van der Waals surface area contributed by atoms with Gasteiger partial charge in [-0.05, 0) is 68.0 Å². The summed E-state index contributed by atoms with van der Waals surface area (Å²) >= 11 is 0. The van der Waals surface area contributed by atoms with E-state index < -0.39 is 5.72 Å². The summed E-state index contributed by atoms with van der Waals surface area (Å²) in [6.45, 7) is 7.79. The highest BCUT2D eigenvalue weighted by Crippen LogP contribution is 2.11. The summed E-state index contributed by atoms with van der Waals surface area (Å²) in [7, 11) is 8.34. The molecule has 0 spiro atoms. The first-order valence-electron chi connectivity index (χ1n) is 6.50. The molecule has 0 atom stereocenters. The predicted octanol–water partition coefficient (Wildman–Crippen LogP) is 0.920. The van der Waals surface area contributed by atoms with Crippen LogP contribution in [0.15, 0.2) is 0 Å². The lowest BCUT2D eigenvalue weighted by molar-refractivity contribution is -0.0799. The van der Waals surface area contributed by atoms with Gasteiger partial charge in [0.25, 0.3) is 0 Å². The Kier molecular flexibility index (Phi) is 7.96. The zero-order valence-corrected chi connectivity index (χ0v) is 12.5. The van der Waals surface area contributed by atoms with E-state index in [2.05, 4.69) is 42.9 Å². The van der Waals surface area contributed by atoms with E-state index in [0.29, 0.717) is 0 Å². The zero-order chi connectivity index (χ0) is 13.5. The van der Waals surface area contributed by atoms with Gasteiger partial charge in [0.1, 0.15) is 5.72 Å². The van der Waals surface area contributed by atoms with Gasteiger partial charge in [-0.2, -0.15) is 0 Å². The summed E-state index contributed by atoms with van der Waals surface area (Å²) in [5.74, 6) is 0. The van der Waals surface area contributed by atoms with Crippen molar-refractivity contribution in [1.82, 2.24) is 14.7 Å². The molecule has 0 saturated heterocycles. The number of nitrogens with zero attached hydrogens (tertiary/aromatic N) is 3. The van der Waals surface area contributed by atoms with Crippen LogP contribution in [-0.2, 0) is 0 Å². The molecule has 0 heterocycles. The number of rotatable bonds is 9. The maximum Gasteiger partial charge on any atom is 0.112 e. The Balaban J connectivity index is 3.98. The predicted molar refractivity (Wildman–Crippen MR) is 74.2 cm³/mol. The Labute approximate surface area is 107 Å². The van der Waals surface area contributed by atoms with Gasteiger partial charge in [0, 0.05) is 13.1 Å². The van der Waals surface area contributed by atoms with Crippen molar-refractivity contribution in [3.63, 3.8) is 0 Å². The van der Waals surface area contributed by atoms with Gasteiger partial charge in [-0.25, -0.2) is 0 Å². The maximum absolute atomic E-state index is 10.1. The number of hydrogen-bond acceptors (Lipinski definition) is 4. The van der Waals surface area contributed by atoms with E-state index in [0.717, 1.165) is 39.0 Å². The molecule has 0 radical (unpaired) electrons. The second-order valence-corrected chi connectivity index (χ2v) is 5.80. The second-order valence-electron chi connectivity index (χ2n) is 5.80. The van der Waals surface area contributed by atoms with Crippen LogP contribution in [0, 0.1) is 0 Å². The fourth-order valence-corrected chi connectivity index (χ4v) is 1.81. The molecule has 0 aromatic heterocycles. The quantitative estimate of drug-likeness (QED) is 0.612. The Morgan fingerprint density at radius 1 is 0.765 bits per heavy atom. The number of aliphatic hydroxyl groups is 1. The average molecular weight is 245 g/mol. The Hall–Kier alpha value is -0.160. The van der Waals surface area contributed by atoms with Gasteiger partial charge in [-0.3, -0.25) is 4.90 Å². The first kappa shape index (κ1) is 16.8. The van der Waals surface area contributed by atoms with Crippen LogP contribution in [0.25, 0.3) is 0 Å². The van der Waals surface area contributed by atoms with Gasteiger partial charge in [0.15, 0.2) is 0 Å². The molecule has 0 aliphatic heterocycles. The van der Waals surface area contributed by atoms with Crippen molar-refractivity contribution in [1.29, 1.82) is 0 Å². The molecule has 0 aliphatic carbocycles. The molecule has 0 unspecified atom stereocenters. The molecule has 0 saturated carbocycles. The van der Waals surface area contributed by atoms with E-state index in [1.165, 1.54) is 0 Å².